The van der Waals surface area contributed by atoms with E-state index in [2.05, 4.69) is 15.5 Å². The van der Waals surface area contributed by atoms with E-state index in [-0.39, 0.29) is 5.56 Å². The van der Waals surface area contributed by atoms with E-state index in [1.54, 1.807) is 30.6 Å². The molecule has 0 aliphatic carbocycles. The van der Waals surface area contributed by atoms with Gasteiger partial charge < -0.3 is 15.1 Å². The maximum atomic E-state index is 11.2. The van der Waals surface area contributed by atoms with Crippen LogP contribution in [0.15, 0.2) is 59.8 Å². The number of rotatable bonds is 6. The topological polar surface area (TPSA) is 79.5 Å². The molecule has 0 aliphatic rings. The number of hydrazone groups is 1. The molecule has 0 saturated carbocycles. The third-order valence-corrected chi connectivity index (χ3v) is 4.10. The maximum absolute atomic E-state index is 11.2. The van der Waals surface area contributed by atoms with E-state index in [1.807, 2.05) is 48.7 Å². The molecule has 0 amide bonds. The van der Waals surface area contributed by atoms with Crippen molar-refractivity contribution in [2.24, 2.45) is 5.10 Å². The van der Waals surface area contributed by atoms with Crippen molar-refractivity contribution in [2.45, 2.75) is 20.4 Å². The molecule has 26 heavy (non-hydrogen) atoms. The van der Waals surface area contributed by atoms with Crippen LogP contribution in [-0.4, -0.2) is 26.8 Å². The number of carboxylic acids is 1. The number of carboxylic acid groups (broad SMARTS) is 1. The van der Waals surface area contributed by atoms with Crippen LogP contribution >= 0.6 is 0 Å². The first-order valence-electron chi connectivity index (χ1n) is 8.25. The first kappa shape index (κ1) is 17.4. The molecule has 1 aromatic carbocycles. The van der Waals surface area contributed by atoms with E-state index in [9.17, 15) is 9.90 Å². The van der Waals surface area contributed by atoms with Crippen LogP contribution in [0.5, 0.6) is 0 Å². The Bertz CT molecular complexity index is 946. The zero-order chi connectivity index (χ0) is 18.5. The van der Waals surface area contributed by atoms with Gasteiger partial charge in [0.05, 0.1) is 24.0 Å². The normalized spacial score (nSPS) is 11.0. The van der Waals surface area contributed by atoms with E-state index in [0.29, 0.717) is 6.54 Å². The number of nitrogens with one attached hydrogen (secondary N) is 1. The van der Waals surface area contributed by atoms with Crippen LogP contribution in [0.2, 0.25) is 0 Å². The van der Waals surface area contributed by atoms with Crippen molar-refractivity contribution in [1.29, 1.82) is 0 Å². The van der Waals surface area contributed by atoms with Gasteiger partial charge >= 0.3 is 5.97 Å². The smallest absolute Gasteiger partial charge is 0.335 e. The van der Waals surface area contributed by atoms with Crippen molar-refractivity contribution in [1.82, 2.24) is 15.0 Å². The van der Waals surface area contributed by atoms with Gasteiger partial charge in [0.15, 0.2) is 0 Å². The fraction of sp³-hybridized carbons (Fsp3) is 0.150. The summed E-state index contributed by atoms with van der Waals surface area (Å²) in [6.45, 7) is 4.52. The second-order valence-corrected chi connectivity index (χ2v) is 5.93. The van der Waals surface area contributed by atoms with Crippen molar-refractivity contribution in [3.63, 3.8) is 0 Å². The molecule has 0 bridgehead atoms. The number of nitrogens with zero attached hydrogens (tertiary/aromatic N) is 3. The number of carbonyl (C=O) groups is 1. The van der Waals surface area contributed by atoms with Gasteiger partial charge in [0.25, 0.3) is 0 Å². The second kappa shape index (κ2) is 7.65. The molecule has 0 atom stereocenters. The lowest BCUT2D eigenvalue weighted by Gasteiger charge is -2.10. The molecule has 0 unspecified atom stereocenters. The summed E-state index contributed by atoms with van der Waals surface area (Å²) >= 11 is 0. The van der Waals surface area contributed by atoms with Crippen LogP contribution in [0.3, 0.4) is 0 Å². The molecule has 0 aliphatic heterocycles. The Morgan fingerprint density at radius 3 is 2.81 bits per heavy atom. The van der Waals surface area contributed by atoms with Gasteiger partial charge in [-0.05, 0) is 50.2 Å². The van der Waals surface area contributed by atoms with Gasteiger partial charge in [0.1, 0.15) is 0 Å². The van der Waals surface area contributed by atoms with Gasteiger partial charge in [0, 0.05) is 28.8 Å². The quantitative estimate of drug-likeness (QED) is 0.529. The Hall–Kier alpha value is -3.41. The molecule has 132 valence electrons. The summed E-state index contributed by atoms with van der Waals surface area (Å²) in [6.07, 6.45) is 3.52. The third-order valence-electron chi connectivity index (χ3n) is 4.10. The molecule has 0 spiro atoms. The summed E-state index contributed by atoms with van der Waals surface area (Å²) in [5, 5.41) is 13.5. The Morgan fingerprint density at radius 2 is 2.08 bits per heavy atom. The van der Waals surface area contributed by atoms with Crippen LogP contribution < -0.4 is 5.43 Å². The fourth-order valence-electron chi connectivity index (χ4n) is 2.84. The summed E-state index contributed by atoms with van der Waals surface area (Å²) in [5.74, 6) is -0.935. The lowest BCUT2D eigenvalue weighted by molar-refractivity contribution is 0.0697. The number of hydrogen-bond acceptors (Lipinski definition) is 4. The summed E-state index contributed by atoms with van der Waals surface area (Å²) in [4.78, 5) is 15.4. The molecule has 6 nitrogen and oxygen atoms in total. The van der Waals surface area contributed by atoms with Gasteiger partial charge in [-0.25, -0.2) is 4.79 Å². The number of aromatic nitrogens is 2. The van der Waals surface area contributed by atoms with Crippen LogP contribution in [0, 0.1) is 13.8 Å². The SMILES string of the molecule is Cc1cc(C=NNCc2ccccn2)c(C)n1-c1cccc(C(=O)O)c1. The second-order valence-electron chi connectivity index (χ2n) is 5.93. The van der Waals surface area contributed by atoms with Gasteiger partial charge in [-0.1, -0.05) is 12.1 Å². The largest absolute Gasteiger partial charge is 0.478 e. The minimum Gasteiger partial charge on any atom is -0.478 e. The van der Waals surface area contributed by atoms with Crippen LogP contribution in [-0.2, 0) is 6.54 Å². The fourth-order valence-corrected chi connectivity index (χ4v) is 2.84. The van der Waals surface area contributed by atoms with E-state index in [4.69, 9.17) is 0 Å². The van der Waals surface area contributed by atoms with E-state index in [0.717, 1.165) is 28.3 Å². The zero-order valence-electron chi connectivity index (χ0n) is 14.7. The molecule has 0 saturated heterocycles. The monoisotopic (exact) mass is 348 g/mol. The molecule has 3 rings (SSSR count). The number of aryl methyl sites for hydroxylation is 1. The van der Waals surface area contributed by atoms with E-state index < -0.39 is 5.97 Å². The molecule has 3 aromatic rings. The summed E-state index contributed by atoms with van der Waals surface area (Å²) in [7, 11) is 0. The number of hydrogen-bond donors (Lipinski definition) is 2. The minimum atomic E-state index is -0.935. The van der Waals surface area contributed by atoms with Gasteiger partial charge in [-0.2, -0.15) is 5.10 Å². The van der Waals surface area contributed by atoms with E-state index >= 15 is 0 Å². The average molecular weight is 348 g/mol. The van der Waals surface area contributed by atoms with Gasteiger partial charge in [0.2, 0.25) is 0 Å². The Balaban J connectivity index is 1.78. The highest BCUT2D eigenvalue weighted by Crippen LogP contribution is 2.20. The first-order valence-corrected chi connectivity index (χ1v) is 8.25. The molecular weight excluding hydrogens is 328 g/mol. The molecule has 6 heteroatoms. The summed E-state index contributed by atoms with van der Waals surface area (Å²) in [5.41, 5.74) is 7.97. The van der Waals surface area contributed by atoms with Crippen LogP contribution in [0.4, 0.5) is 0 Å². The third kappa shape index (κ3) is 3.80. The minimum absolute atomic E-state index is 0.266. The highest BCUT2D eigenvalue weighted by Gasteiger charge is 2.11. The Labute approximate surface area is 151 Å². The van der Waals surface area contributed by atoms with Crippen LogP contribution in [0.1, 0.15) is 33.0 Å². The Morgan fingerprint density at radius 1 is 1.23 bits per heavy atom. The predicted molar refractivity (Wildman–Crippen MR) is 101 cm³/mol. The lowest BCUT2D eigenvalue weighted by atomic mass is 10.2. The lowest BCUT2D eigenvalue weighted by Crippen LogP contribution is -2.07. The molecule has 2 N–H and O–H groups in total. The highest BCUT2D eigenvalue weighted by molar-refractivity contribution is 5.88. The first-order chi connectivity index (χ1) is 12.6. The predicted octanol–water partition coefficient (Wildman–Crippen LogP) is 3.31. The molecule has 2 aromatic heterocycles. The zero-order valence-corrected chi connectivity index (χ0v) is 14.7. The maximum Gasteiger partial charge on any atom is 0.335 e. The molecule has 0 radical (unpaired) electrons. The Kier molecular flexibility index (Phi) is 5.12. The standard InChI is InChI=1S/C20H20N4O2/c1-14-10-17(12-22-23-13-18-7-3-4-9-21-18)15(2)24(14)19-8-5-6-16(11-19)20(25)26/h3-12,23H,13H2,1-2H3,(H,25,26). The number of benzene rings is 1. The van der Waals surface area contributed by atoms with Gasteiger partial charge in [-0.15, -0.1) is 0 Å². The number of pyridine rings is 1. The molecule has 2 heterocycles. The summed E-state index contributed by atoms with van der Waals surface area (Å²) in [6, 6.07) is 14.7. The van der Waals surface area contributed by atoms with Crippen molar-refractivity contribution in [3.05, 3.63) is 82.9 Å². The van der Waals surface area contributed by atoms with Crippen molar-refractivity contribution < 1.29 is 9.90 Å². The highest BCUT2D eigenvalue weighted by atomic mass is 16.4. The van der Waals surface area contributed by atoms with Crippen molar-refractivity contribution in [2.75, 3.05) is 0 Å². The number of aromatic carboxylic acids is 1. The van der Waals surface area contributed by atoms with Crippen LogP contribution in [0.25, 0.3) is 5.69 Å². The van der Waals surface area contributed by atoms with Crippen molar-refractivity contribution >= 4 is 12.2 Å². The molecular formula is C20H20N4O2. The summed E-state index contributed by atoms with van der Waals surface area (Å²) < 4.78 is 2.02. The van der Waals surface area contributed by atoms with E-state index in [1.165, 1.54) is 0 Å². The average Bonchev–Trinajstić information content (AvgIpc) is 2.93. The van der Waals surface area contributed by atoms with Gasteiger partial charge in [-0.3, -0.25) is 4.98 Å². The van der Waals surface area contributed by atoms with Crippen molar-refractivity contribution in [3.8, 4) is 5.69 Å². The molecule has 0 fully saturated rings.